The number of nitrogens with one attached hydrogen (secondary N) is 1. The fourth-order valence-electron chi connectivity index (χ4n) is 3.60. The lowest BCUT2D eigenvalue weighted by atomic mass is 10.1. The van der Waals surface area contributed by atoms with Gasteiger partial charge in [0.1, 0.15) is 5.69 Å². The number of carbonyl (C=O) groups is 1. The summed E-state index contributed by atoms with van der Waals surface area (Å²) in [6.07, 6.45) is 0. The predicted molar refractivity (Wildman–Crippen MR) is 111 cm³/mol. The maximum Gasteiger partial charge on any atom is 0.273 e. The zero-order chi connectivity index (χ0) is 19.5. The van der Waals surface area contributed by atoms with Gasteiger partial charge in [-0.2, -0.15) is 5.10 Å². The summed E-state index contributed by atoms with van der Waals surface area (Å²) < 4.78 is 1.74. The second kappa shape index (κ2) is 8.17. The summed E-state index contributed by atoms with van der Waals surface area (Å²) in [7, 11) is 0. The van der Waals surface area contributed by atoms with E-state index in [1.54, 1.807) is 9.58 Å². The highest BCUT2D eigenvalue weighted by molar-refractivity contribution is 6.30. The van der Waals surface area contributed by atoms with Crippen molar-refractivity contribution in [2.75, 3.05) is 32.7 Å². The maximum atomic E-state index is 13.3. The molecule has 1 aliphatic rings. The van der Waals surface area contributed by atoms with E-state index in [-0.39, 0.29) is 5.91 Å². The molecule has 1 fully saturated rings. The summed E-state index contributed by atoms with van der Waals surface area (Å²) in [6, 6.07) is 19.2. The fourth-order valence-corrected chi connectivity index (χ4v) is 3.73. The normalized spacial score (nSPS) is 15.0. The molecular weight excluding hydrogens is 372 g/mol. The lowest BCUT2D eigenvalue weighted by Gasteiger charge is -2.31. The summed E-state index contributed by atoms with van der Waals surface area (Å²) in [5, 5.41) is 5.41. The fraction of sp³-hybridized carbons (Fsp3) is 0.273. The Labute approximate surface area is 170 Å². The lowest BCUT2D eigenvalue weighted by molar-refractivity contribution is -0.902. The Kier molecular flexibility index (Phi) is 5.46. The van der Waals surface area contributed by atoms with Crippen LogP contribution in [0.3, 0.4) is 0 Å². The first-order valence-electron chi connectivity index (χ1n) is 9.70. The van der Waals surface area contributed by atoms with Crippen molar-refractivity contribution in [3.63, 3.8) is 0 Å². The van der Waals surface area contributed by atoms with E-state index >= 15 is 0 Å². The molecule has 2 aromatic carbocycles. The number of hydrogen-bond acceptors (Lipinski definition) is 2. The van der Waals surface area contributed by atoms with Gasteiger partial charge in [-0.15, -0.1) is 0 Å². The van der Waals surface area contributed by atoms with Gasteiger partial charge in [0.05, 0.1) is 44.1 Å². The average Bonchev–Trinajstić information content (AvgIpc) is 3.20. The van der Waals surface area contributed by atoms with E-state index in [2.05, 4.69) is 6.92 Å². The number of hydrogen-bond donors (Lipinski definition) is 1. The molecule has 0 atom stereocenters. The molecule has 144 valence electrons. The first-order valence-corrected chi connectivity index (χ1v) is 10.1. The minimum atomic E-state index is 0.0276. The zero-order valence-electron chi connectivity index (χ0n) is 15.9. The molecule has 0 bridgehead atoms. The van der Waals surface area contributed by atoms with E-state index < -0.39 is 0 Å². The summed E-state index contributed by atoms with van der Waals surface area (Å²) in [4.78, 5) is 16.8. The smallest absolute Gasteiger partial charge is 0.273 e. The van der Waals surface area contributed by atoms with Crippen LogP contribution in [0.1, 0.15) is 17.4 Å². The van der Waals surface area contributed by atoms with Crippen LogP contribution in [0.15, 0.2) is 60.7 Å². The molecule has 0 spiro atoms. The van der Waals surface area contributed by atoms with Gasteiger partial charge in [-0.05, 0) is 37.3 Å². The molecule has 0 saturated carbocycles. The molecule has 1 amide bonds. The first kappa shape index (κ1) is 18.7. The standard InChI is InChI=1S/C22H23ClN4O/c1-2-25-12-14-26(15-13-25)22(28)21-16-20(17-6-4-3-5-7-17)24-27(21)19-10-8-18(23)9-11-19/h3-11,16H,2,12-15H2,1H3/p+1. The van der Waals surface area contributed by atoms with Crippen LogP contribution in [0.4, 0.5) is 0 Å². The minimum Gasteiger partial charge on any atom is -0.332 e. The lowest BCUT2D eigenvalue weighted by Crippen LogP contribution is -3.14. The number of carbonyl (C=O) groups excluding carboxylic acids is 1. The van der Waals surface area contributed by atoms with E-state index in [1.165, 1.54) is 0 Å². The first-order chi connectivity index (χ1) is 13.7. The Morgan fingerprint density at radius 3 is 2.39 bits per heavy atom. The van der Waals surface area contributed by atoms with Gasteiger partial charge in [0, 0.05) is 10.6 Å². The van der Waals surface area contributed by atoms with Crippen LogP contribution in [-0.4, -0.2) is 53.3 Å². The van der Waals surface area contributed by atoms with Crippen molar-refractivity contribution in [1.29, 1.82) is 0 Å². The monoisotopic (exact) mass is 395 g/mol. The summed E-state index contributed by atoms with van der Waals surface area (Å²) >= 11 is 6.04. The summed E-state index contributed by atoms with van der Waals surface area (Å²) in [5.41, 5.74) is 3.19. The highest BCUT2D eigenvalue weighted by Gasteiger charge is 2.27. The van der Waals surface area contributed by atoms with Gasteiger partial charge in [0.2, 0.25) is 0 Å². The van der Waals surface area contributed by atoms with Gasteiger partial charge in [0.25, 0.3) is 5.91 Å². The summed E-state index contributed by atoms with van der Waals surface area (Å²) in [5.74, 6) is 0.0276. The van der Waals surface area contributed by atoms with Gasteiger partial charge < -0.3 is 9.80 Å². The van der Waals surface area contributed by atoms with Crippen molar-refractivity contribution in [2.24, 2.45) is 0 Å². The number of quaternary nitrogens is 1. The third-order valence-corrected chi connectivity index (χ3v) is 5.58. The molecule has 1 aromatic heterocycles. The van der Waals surface area contributed by atoms with Crippen molar-refractivity contribution in [3.8, 4) is 16.9 Å². The van der Waals surface area contributed by atoms with Gasteiger partial charge in [-0.1, -0.05) is 41.9 Å². The summed E-state index contributed by atoms with van der Waals surface area (Å²) in [6.45, 7) is 6.81. The number of piperazine rings is 1. The number of rotatable bonds is 4. The molecule has 0 aliphatic carbocycles. The zero-order valence-corrected chi connectivity index (χ0v) is 16.7. The SMILES string of the molecule is CC[NH+]1CCN(C(=O)c2cc(-c3ccccc3)nn2-c2ccc(Cl)cc2)CC1. The number of halogens is 1. The van der Waals surface area contributed by atoms with Crippen molar-refractivity contribution < 1.29 is 9.69 Å². The largest absolute Gasteiger partial charge is 0.332 e. The van der Waals surface area contributed by atoms with Crippen LogP contribution in [0.25, 0.3) is 16.9 Å². The van der Waals surface area contributed by atoms with Gasteiger partial charge in [-0.3, -0.25) is 4.79 Å². The Hall–Kier alpha value is -2.63. The van der Waals surface area contributed by atoms with Crippen molar-refractivity contribution in [2.45, 2.75) is 6.92 Å². The third-order valence-electron chi connectivity index (χ3n) is 5.33. The molecule has 3 aromatic rings. The van der Waals surface area contributed by atoms with E-state index in [0.717, 1.165) is 49.7 Å². The van der Waals surface area contributed by atoms with Crippen molar-refractivity contribution in [1.82, 2.24) is 14.7 Å². The highest BCUT2D eigenvalue weighted by atomic mass is 35.5. The number of benzene rings is 2. The topological polar surface area (TPSA) is 42.6 Å². The molecule has 4 rings (SSSR count). The molecule has 0 unspecified atom stereocenters. The van der Waals surface area contributed by atoms with Crippen LogP contribution in [0.5, 0.6) is 0 Å². The van der Waals surface area contributed by atoms with Gasteiger partial charge in [0.15, 0.2) is 0 Å². The van der Waals surface area contributed by atoms with Gasteiger partial charge in [-0.25, -0.2) is 4.68 Å². The minimum absolute atomic E-state index is 0.0276. The number of aromatic nitrogens is 2. The van der Waals surface area contributed by atoms with Crippen molar-refractivity contribution >= 4 is 17.5 Å². The van der Waals surface area contributed by atoms with Crippen molar-refractivity contribution in [3.05, 3.63) is 71.4 Å². The Balaban J connectivity index is 1.71. The molecule has 1 saturated heterocycles. The van der Waals surface area contributed by atoms with Crippen LogP contribution in [0, 0.1) is 0 Å². The van der Waals surface area contributed by atoms with Gasteiger partial charge >= 0.3 is 0 Å². The molecule has 2 heterocycles. The van der Waals surface area contributed by atoms with E-state index in [4.69, 9.17) is 16.7 Å². The Morgan fingerprint density at radius 2 is 1.75 bits per heavy atom. The maximum absolute atomic E-state index is 13.3. The van der Waals surface area contributed by atoms with E-state index in [1.807, 2.05) is 65.6 Å². The number of likely N-dealkylation sites (N-methyl/N-ethyl adjacent to an activating group) is 1. The molecule has 1 N–H and O–H groups in total. The molecule has 5 nitrogen and oxygen atoms in total. The molecule has 1 aliphatic heterocycles. The third kappa shape index (κ3) is 3.81. The second-order valence-electron chi connectivity index (χ2n) is 7.06. The highest BCUT2D eigenvalue weighted by Crippen LogP contribution is 2.23. The molecule has 0 radical (unpaired) electrons. The predicted octanol–water partition coefficient (Wildman–Crippen LogP) is 2.55. The van der Waals surface area contributed by atoms with Crippen LogP contribution in [0.2, 0.25) is 5.02 Å². The Morgan fingerprint density at radius 1 is 1.07 bits per heavy atom. The number of amides is 1. The van der Waals surface area contributed by atoms with Crippen LogP contribution >= 0.6 is 11.6 Å². The molecular formula is C22H24ClN4O+. The Bertz CT molecular complexity index is 944. The molecule has 28 heavy (non-hydrogen) atoms. The van der Waals surface area contributed by atoms with Crippen LogP contribution < -0.4 is 4.90 Å². The second-order valence-corrected chi connectivity index (χ2v) is 7.50. The van der Waals surface area contributed by atoms with Crippen LogP contribution in [-0.2, 0) is 0 Å². The molecule has 6 heteroatoms. The van der Waals surface area contributed by atoms with E-state index in [9.17, 15) is 4.79 Å². The average molecular weight is 396 g/mol. The quantitative estimate of drug-likeness (QED) is 0.737. The van der Waals surface area contributed by atoms with E-state index in [0.29, 0.717) is 10.7 Å². The number of nitrogens with zero attached hydrogens (tertiary/aromatic N) is 3.